The molecule has 92 valence electrons. The molecule has 1 fully saturated rings. The first-order chi connectivity index (χ1) is 8.27. The van der Waals surface area contributed by atoms with Crippen molar-refractivity contribution in [3.8, 4) is 0 Å². The van der Waals surface area contributed by atoms with Crippen molar-refractivity contribution < 1.29 is 9.18 Å². The van der Waals surface area contributed by atoms with Gasteiger partial charge in [-0.15, -0.1) is 0 Å². The number of rotatable bonds is 6. The minimum Gasteiger partial charge on any atom is -0.355 e. The quantitative estimate of drug-likeness (QED) is 0.790. The van der Waals surface area contributed by atoms with Crippen molar-refractivity contribution in [3.63, 3.8) is 0 Å². The van der Waals surface area contributed by atoms with Crippen LogP contribution < -0.4 is 5.32 Å². The first-order valence-corrected chi connectivity index (χ1v) is 7.01. The summed E-state index contributed by atoms with van der Waals surface area (Å²) >= 11 is 1.64. The highest BCUT2D eigenvalue weighted by atomic mass is 32.2. The Morgan fingerprint density at radius 1 is 1.41 bits per heavy atom. The molecule has 1 aliphatic rings. The van der Waals surface area contributed by atoms with Crippen LogP contribution in [0, 0.1) is 11.7 Å². The molecular weight excluding hydrogens is 237 g/mol. The van der Waals surface area contributed by atoms with Gasteiger partial charge in [-0.3, -0.25) is 4.79 Å². The Bertz CT molecular complexity index is 393. The lowest BCUT2D eigenvalue weighted by Crippen LogP contribution is -2.26. The molecule has 1 N–H and O–H groups in total. The van der Waals surface area contributed by atoms with E-state index in [1.165, 1.54) is 6.07 Å². The normalized spacial score (nSPS) is 14.6. The highest BCUT2D eigenvalue weighted by Crippen LogP contribution is 2.28. The average molecular weight is 253 g/mol. The number of halogens is 1. The van der Waals surface area contributed by atoms with Gasteiger partial charge in [-0.25, -0.2) is 4.39 Å². The van der Waals surface area contributed by atoms with Crippen molar-refractivity contribution in [3.05, 3.63) is 35.6 Å². The van der Waals surface area contributed by atoms with Crippen molar-refractivity contribution in [1.82, 2.24) is 5.32 Å². The third-order valence-corrected chi connectivity index (χ3v) is 3.72. The van der Waals surface area contributed by atoms with Gasteiger partial charge in [-0.05, 0) is 24.5 Å². The molecule has 0 unspecified atom stereocenters. The molecule has 2 nitrogen and oxygen atoms in total. The summed E-state index contributed by atoms with van der Waals surface area (Å²) in [6.07, 6.45) is 2.07. The fourth-order valence-corrected chi connectivity index (χ4v) is 2.38. The zero-order chi connectivity index (χ0) is 12.1. The fourth-order valence-electron chi connectivity index (χ4n) is 1.53. The Morgan fingerprint density at radius 2 is 2.18 bits per heavy atom. The van der Waals surface area contributed by atoms with Gasteiger partial charge in [0.05, 0.1) is 0 Å². The van der Waals surface area contributed by atoms with E-state index < -0.39 is 0 Å². The summed E-state index contributed by atoms with van der Waals surface area (Å²) in [6, 6.07) is 6.81. The number of nitrogens with one attached hydrogen (secondary N) is 1. The van der Waals surface area contributed by atoms with Crippen molar-refractivity contribution in [1.29, 1.82) is 0 Å². The first-order valence-electron chi connectivity index (χ1n) is 5.86. The summed E-state index contributed by atoms with van der Waals surface area (Å²) in [6.45, 7) is 0.675. The Morgan fingerprint density at radius 3 is 2.88 bits per heavy atom. The number of hydrogen-bond donors (Lipinski definition) is 1. The lowest BCUT2D eigenvalue weighted by atomic mass is 10.2. The van der Waals surface area contributed by atoms with E-state index in [1.807, 2.05) is 6.07 Å². The molecule has 0 saturated heterocycles. The molecule has 1 aromatic carbocycles. The fraction of sp³-hybridized carbons (Fsp3) is 0.462. The van der Waals surface area contributed by atoms with Gasteiger partial charge in [-0.2, -0.15) is 11.8 Å². The van der Waals surface area contributed by atoms with Crippen molar-refractivity contribution in [2.75, 3.05) is 12.3 Å². The van der Waals surface area contributed by atoms with Crippen LogP contribution in [0.4, 0.5) is 4.39 Å². The number of carbonyl (C=O) groups excluding carboxylic acids is 1. The molecule has 0 bridgehead atoms. The molecular formula is C13H16FNOS. The van der Waals surface area contributed by atoms with E-state index in [0.717, 1.165) is 24.2 Å². The predicted molar refractivity (Wildman–Crippen MR) is 68.3 cm³/mol. The van der Waals surface area contributed by atoms with Crippen molar-refractivity contribution in [2.45, 2.75) is 18.6 Å². The van der Waals surface area contributed by atoms with Crippen LogP contribution in [0.1, 0.15) is 18.4 Å². The summed E-state index contributed by atoms with van der Waals surface area (Å²) in [4.78, 5) is 11.3. The number of carbonyl (C=O) groups is 1. The molecule has 4 heteroatoms. The smallest absolute Gasteiger partial charge is 0.223 e. The summed E-state index contributed by atoms with van der Waals surface area (Å²) in [7, 11) is 0. The number of amides is 1. The summed E-state index contributed by atoms with van der Waals surface area (Å²) in [5.74, 6) is 1.78. The second kappa shape index (κ2) is 6.05. The summed E-state index contributed by atoms with van der Waals surface area (Å²) in [5.41, 5.74) is 0.728. The Labute approximate surface area is 105 Å². The molecule has 0 aromatic heterocycles. The van der Waals surface area contributed by atoms with Crippen molar-refractivity contribution in [2.24, 2.45) is 5.92 Å². The van der Waals surface area contributed by atoms with Crippen molar-refractivity contribution >= 4 is 17.7 Å². The Balaban J connectivity index is 1.59. The van der Waals surface area contributed by atoms with Gasteiger partial charge in [-0.1, -0.05) is 18.2 Å². The molecule has 0 spiro atoms. The summed E-state index contributed by atoms with van der Waals surface area (Å²) in [5, 5.41) is 2.89. The molecule has 1 aromatic rings. The van der Waals surface area contributed by atoms with E-state index in [9.17, 15) is 9.18 Å². The second-order valence-corrected chi connectivity index (χ2v) is 5.31. The maximum absolute atomic E-state index is 13.3. The second-order valence-electron chi connectivity index (χ2n) is 4.21. The zero-order valence-electron chi connectivity index (χ0n) is 9.62. The molecule has 1 aliphatic carbocycles. The van der Waals surface area contributed by atoms with E-state index >= 15 is 0 Å². The lowest BCUT2D eigenvalue weighted by molar-refractivity contribution is -0.122. The average Bonchev–Trinajstić information content (AvgIpc) is 3.14. The van der Waals surface area contributed by atoms with Gasteiger partial charge < -0.3 is 5.32 Å². The first kappa shape index (κ1) is 12.4. The third-order valence-electron chi connectivity index (χ3n) is 2.71. The van der Waals surface area contributed by atoms with Crippen LogP contribution >= 0.6 is 11.8 Å². The van der Waals surface area contributed by atoms with E-state index in [0.29, 0.717) is 12.3 Å². The largest absolute Gasteiger partial charge is 0.355 e. The van der Waals surface area contributed by atoms with Gasteiger partial charge in [0.15, 0.2) is 0 Å². The van der Waals surface area contributed by atoms with Crippen LogP contribution in [0.2, 0.25) is 0 Å². The van der Waals surface area contributed by atoms with Crippen LogP contribution in [-0.2, 0) is 10.5 Å². The minimum atomic E-state index is -0.151. The van der Waals surface area contributed by atoms with Crippen LogP contribution in [0.5, 0.6) is 0 Å². The summed E-state index contributed by atoms with van der Waals surface area (Å²) < 4.78 is 13.3. The van der Waals surface area contributed by atoms with Crippen LogP contribution in [-0.4, -0.2) is 18.2 Å². The highest BCUT2D eigenvalue weighted by Gasteiger charge is 2.28. The van der Waals surface area contributed by atoms with E-state index in [4.69, 9.17) is 0 Å². The Kier molecular flexibility index (Phi) is 4.42. The Hall–Kier alpha value is -1.03. The topological polar surface area (TPSA) is 29.1 Å². The van der Waals surface area contributed by atoms with Gasteiger partial charge in [0, 0.05) is 24.0 Å². The predicted octanol–water partition coefficient (Wildman–Crippen LogP) is 2.59. The SMILES string of the molecule is O=C(NCCSCc1ccccc1F)C1CC1. The van der Waals surface area contributed by atoms with E-state index in [-0.39, 0.29) is 17.6 Å². The molecule has 0 radical (unpaired) electrons. The van der Waals surface area contributed by atoms with Crippen LogP contribution in [0.15, 0.2) is 24.3 Å². The molecule has 1 saturated carbocycles. The standard InChI is InChI=1S/C13H16FNOS/c14-12-4-2-1-3-11(12)9-17-8-7-15-13(16)10-5-6-10/h1-4,10H,5-9H2,(H,15,16). The third kappa shape index (κ3) is 4.04. The molecule has 1 amide bonds. The van der Waals surface area contributed by atoms with E-state index in [1.54, 1.807) is 23.9 Å². The maximum atomic E-state index is 13.3. The zero-order valence-corrected chi connectivity index (χ0v) is 10.4. The molecule has 0 aliphatic heterocycles. The number of benzene rings is 1. The molecule has 0 atom stereocenters. The van der Waals surface area contributed by atoms with Crippen LogP contribution in [0.25, 0.3) is 0 Å². The van der Waals surface area contributed by atoms with Gasteiger partial charge in [0.1, 0.15) is 5.82 Å². The van der Waals surface area contributed by atoms with Crippen LogP contribution in [0.3, 0.4) is 0 Å². The maximum Gasteiger partial charge on any atom is 0.223 e. The number of hydrogen-bond acceptors (Lipinski definition) is 2. The minimum absolute atomic E-state index is 0.151. The number of thioether (sulfide) groups is 1. The lowest BCUT2D eigenvalue weighted by Gasteiger charge is -2.05. The van der Waals surface area contributed by atoms with E-state index in [2.05, 4.69) is 5.32 Å². The molecule has 0 heterocycles. The van der Waals surface area contributed by atoms with Gasteiger partial charge in [0.25, 0.3) is 0 Å². The molecule has 2 rings (SSSR count). The molecule has 17 heavy (non-hydrogen) atoms. The monoisotopic (exact) mass is 253 g/mol. The highest BCUT2D eigenvalue weighted by molar-refractivity contribution is 7.98. The van der Waals surface area contributed by atoms with Gasteiger partial charge >= 0.3 is 0 Å². The van der Waals surface area contributed by atoms with Gasteiger partial charge in [0.2, 0.25) is 5.91 Å².